The number of aromatic nitrogens is 1. The van der Waals surface area contributed by atoms with Gasteiger partial charge in [0, 0.05) is 37.9 Å². The van der Waals surface area contributed by atoms with Crippen LogP contribution in [0.4, 0.5) is 4.79 Å². The van der Waals surface area contributed by atoms with Gasteiger partial charge in [0.25, 0.3) is 5.91 Å². The lowest BCUT2D eigenvalue weighted by atomic mass is 10.1. The molecule has 0 spiro atoms. The van der Waals surface area contributed by atoms with Gasteiger partial charge in [-0.15, -0.1) is 0 Å². The topological polar surface area (TPSA) is 68.4 Å². The molecule has 0 bridgehead atoms. The van der Waals surface area contributed by atoms with E-state index < -0.39 is 0 Å². The number of amides is 3. The Morgan fingerprint density at radius 1 is 1.14 bits per heavy atom. The average molecular weight is 292 g/mol. The summed E-state index contributed by atoms with van der Waals surface area (Å²) in [5.41, 5.74) is 0.353. The van der Waals surface area contributed by atoms with Gasteiger partial charge in [-0.05, 0) is 39.3 Å². The summed E-state index contributed by atoms with van der Waals surface area (Å²) in [7, 11) is 0. The molecule has 3 amide bonds. The van der Waals surface area contributed by atoms with Crippen molar-refractivity contribution in [3.8, 4) is 0 Å². The molecule has 6 nitrogen and oxygen atoms in total. The molecule has 1 aliphatic heterocycles. The Balaban J connectivity index is 1.93. The molecule has 0 atom stereocenters. The molecule has 2 N–H and O–H groups in total. The fraction of sp³-hybridized carbons (Fsp3) is 0.600. The summed E-state index contributed by atoms with van der Waals surface area (Å²) in [6, 6.07) is 3.53. The van der Waals surface area contributed by atoms with Gasteiger partial charge >= 0.3 is 6.03 Å². The predicted octanol–water partition coefficient (Wildman–Crippen LogP) is 1.67. The van der Waals surface area contributed by atoms with Crippen LogP contribution in [0.3, 0.4) is 0 Å². The van der Waals surface area contributed by atoms with E-state index in [-0.39, 0.29) is 17.5 Å². The quantitative estimate of drug-likeness (QED) is 0.826. The summed E-state index contributed by atoms with van der Waals surface area (Å²) >= 11 is 0. The lowest BCUT2D eigenvalue weighted by Crippen LogP contribution is -2.49. The molecule has 1 aromatic heterocycles. The number of carbonyl (C=O) groups excluding carboxylic acids is 2. The van der Waals surface area contributed by atoms with Crippen LogP contribution >= 0.6 is 0 Å². The van der Waals surface area contributed by atoms with E-state index in [1.54, 1.807) is 22.1 Å². The first-order valence-corrected chi connectivity index (χ1v) is 7.36. The first kappa shape index (κ1) is 15.4. The molecule has 2 rings (SSSR count). The van der Waals surface area contributed by atoms with Crippen LogP contribution in [-0.2, 0) is 0 Å². The maximum absolute atomic E-state index is 12.3. The minimum absolute atomic E-state index is 0.00178. The third kappa shape index (κ3) is 4.24. The highest BCUT2D eigenvalue weighted by Gasteiger charge is 2.24. The molecular formula is C15H24N4O2. The molecule has 2 heterocycles. The first-order valence-electron chi connectivity index (χ1n) is 7.36. The number of hydrogen-bond donors (Lipinski definition) is 2. The van der Waals surface area contributed by atoms with Gasteiger partial charge in [-0.2, -0.15) is 0 Å². The highest BCUT2D eigenvalue weighted by Crippen LogP contribution is 2.09. The van der Waals surface area contributed by atoms with Gasteiger partial charge in [0.1, 0.15) is 5.69 Å². The van der Waals surface area contributed by atoms with Gasteiger partial charge in [-0.3, -0.25) is 4.79 Å². The fourth-order valence-electron chi connectivity index (χ4n) is 2.36. The van der Waals surface area contributed by atoms with Crippen molar-refractivity contribution in [2.45, 2.75) is 32.7 Å². The van der Waals surface area contributed by atoms with Crippen LogP contribution < -0.4 is 5.32 Å². The van der Waals surface area contributed by atoms with Crippen LogP contribution in [0.15, 0.2) is 18.3 Å². The number of aromatic amines is 1. The van der Waals surface area contributed by atoms with Crippen molar-refractivity contribution in [1.82, 2.24) is 20.1 Å². The summed E-state index contributed by atoms with van der Waals surface area (Å²) < 4.78 is 0. The number of urea groups is 1. The zero-order chi connectivity index (χ0) is 15.5. The minimum atomic E-state index is -0.247. The third-order valence-electron chi connectivity index (χ3n) is 3.38. The molecule has 1 fully saturated rings. The van der Waals surface area contributed by atoms with E-state index in [0.717, 1.165) is 6.42 Å². The van der Waals surface area contributed by atoms with Crippen molar-refractivity contribution >= 4 is 11.9 Å². The van der Waals surface area contributed by atoms with Crippen LogP contribution in [0.1, 0.15) is 37.7 Å². The fourth-order valence-corrected chi connectivity index (χ4v) is 2.36. The Morgan fingerprint density at radius 3 is 2.43 bits per heavy atom. The maximum Gasteiger partial charge on any atom is 0.317 e. The van der Waals surface area contributed by atoms with E-state index in [0.29, 0.717) is 31.9 Å². The second-order valence-corrected chi connectivity index (χ2v) is 6.40. The summed E-state index contributed by atoms with van der Waals surface area (Å²) in [6.45, 7) is 8.37. The van der Waals surface area contributed by atoms with Crippen LogP contribution in [0.25, 0.3) is 0 Å². The highest BCUT2D eigenvalue weighted by atomic mass is 16.2. The maximum atomic E-state index is 12.3. The number of hydrogen-bond acceptors (Lipinski definition) is 2. The Kier molecular flexibility index (Phi) is 4.55. The zero-order valence-corrected chi connectivity index (χ0v) is 13.0. The van der Waals surface area contributed by atoms with E-state index in [4.69, 9.17) is 0 Å². The molecular weight excluding hydrogens is 268 g/mol. The first-order chi connectivity index (χ1) is 9.87. The molecule has 1 aliphatic rings. The lowest BCUT2D eigenvalue weighted by Gasteiger charge is -2.27. The van der Waals surface area contributed by atoms with Crippen molar-refractivity contribution < 1.29 is 9.59 Å². The molecule has 0 radical (unpaired) electrons. The number of nitrogens with zero attached hydrogens (tertiary/aromatic N) is 2. The standard InChI is InChI=1S/C15H24N4O2/c1-15(2,3)17-14(21)19-9-5-8-18(10-11-19)13(20)12-6-4-7-16-12/h4,6-7,16H,5,8-11H2,1-3H3,(H,17,21). The number of rotatable bonds is 1. The molecule has 116 valence electrons. The van der Waals surface area contributed by atoms with E-state index in [1.165, 1.54) is 0 Å². The van der Waals surface area contributed by atoms with Gasteiger partial charge < -0.3 is 20.1 Å². The number of nitrogens with one attached hydrogen (secondary N) is 2. The highest BCUT2D eigenvalue weighted by molar-refractivity contribution is 5.92. The number of carbonyl (C=O) groups is 2. The van der Waals surface area contributed by atoms with E-state index >= 15 is 0 Å². The monoisotopic (exact) mass is 292 g/mol. The van der Waals surface area contributed by atoms with E-state index in [2.05, 4.69) is 10.3 Å². The molecule has 0 aromatic carbocycles. The summed E-state index contributed by atoms with van der Waals surface area (Å²) in [4.78, 5) is 31.0. The van der Waals surface area contributed by atoms with Crippen LogP contribution in [0, 0.1) is 0 Å². The summed E-state index contributed by atoms with van der Waals surface area (Å²) in [5.74, 6) is -0.00178. The number of H-pyrrole nitrogens is 1. The van der Waals surface area contributed by atoms with Gasteiger partial charge in [-0.1, -0.05) is 0 Å². The Labute approximate surface area is 125 Å². The van der Waals surface area contributed by atoms with Crippen molar-refractivity contribution in [2.24, 2.45) is 0 Å². The smallest absolute Gasteiger partial charge is 0.317 e. The normalized spacial score (nSPS) is 16.5. The second kappa shape index (κ2) is 6.20. The van der Waals surface area contributed by atoms with Gasteiger partial charge in [0.05, 0.1) is 0 Å². The van der Waals surface area contributed by atoms with Gasteiger partial charge in [0.15, 0.2) is 0 Å². The molecule has 0 aliphatic carbocycles. The minimum Gasteiger partial charge on any atom is -0.357 e. The van der Waals surface area contributed by atoms with Gasteiger partial charge in [-0.25, -0.2) is 4.79 Å². The molecule has 1 aromatic rings. The van der Waals surface area contributed by atoms with Crippen molar-refractivity contribution in [3.63, 3.8) is 0 Å². The third-order valence-corrected chi connectivity index (χ3v) is 3.38. The molecule has 21 heavy (non-hydrogen) atoms. The average Bonchev–Trinajstić information content (AvgIpc) is 2.80. The van der Waals surface area contributed by atoms with Gasteiger partial charge in [0.2, 0.25) is 0 Å². The molecule has 6 heteroatoms. The Bertz CT molecular complexity index is 490. The Hall–Kier alpha value is -1.98. The molecule has 1 saturated heterocycles. The van der Waals surface area contributed by atoms with E-state index in [9.17, 15) is 9.59 Å². The van der Waals surface area contributed by atoms with Crippen molar-refractivity contribution in [2.75, 3.05) is 26.2 Å². The zero-order valence-electron chi connectivity index (χ0n) is 13.0. The van der Waals surface area contributed by atoms with E-state index in [1.807, 2.05) is 26.8 Å². The van der Waals surface area contributed by atoms with Crippen LogP contribution in [-0.4, -0.2) is 58.4 Å². The van der Waals surface area contributed by atoms with Crippen LogP contribution in [0.5, 0.6) is 0 Å². The predicted molar refractivity (Wildman–Crippen MR) is 81.2 cm³/mol. The summed E-state index contributed by atoms with van der Waals surface area (Å²) in [5, 5.41) is 2.97. The SMILES string of the molecule is CC(C)(C)NC(=O)N1CCCN(C(=O)c2ccc[nH]2)CC1. The second-order valence-electron chi connectivity index (χ2n) is 6.40. The Morgan fingerprint density at radius 2 is 1.81 bits per heavy atom. The molecule has 0 saturated carbocycles. The van der Waals surface area contributed by atoms with Crippen LogP contribution in [0.2, 0.25) is 0 Å². The molecule has 0 unspecified atom stereocenters. The van der Waals surface area contributed by atoms with Crippen molar-refractivity contribution in [3.05, 3.63) is 24.0 Å². The largest absolute Gasteiger partial charge is 0.357 e. The summed E-state index contributed by atoms with van der Waals surface area (Å²) in [6.07, 6.45) is 2.54. The van der Waals surface area contributed by atoms with Crippen molar-refractivity contribution in [1.29, 1.82) is 0 Å². The lowest BCUT2D eigenvalue weighted by molar-refractivity contribution is 0.0757.